The van der Waals surface area contributed by atoms with Crippen molar-refractivity contribution in [2.45, 2.75) is 12.0 Å². The summed E-state index contributed by atoms with van der Waals surface area (Å²) in [6.45, 7) is 0. The quantitative estimate of drug-likeness (QED) is 0.846. The normalized spacial score (nSPS) is 19.1. The van der Waals surface area contributed by atoms with Crippen molar-refractivity contribution in [2.75, 3.05) is 11.5 Å². The van der Waals surface area contributed by atoms with Gasteiger partial charge in [-0.1, -0.05) is 17.7 Å². The second-order valence-electron chi connectivity index (χ2n) is 3.59. The maximum atomic E-state index is 13.3. The molecule has 1 aliphatic rings. The lowest BCUT2D eigenvalue weighted by Gasteiger charge is -2.36. The molecule has 0 bridgehead atoms. The Morgan fingerprint density at radius 1 is 1.50 bits per heavy atom. The minimum Gasteiger partial charge on any atom is -0.388 e. The predicted molar refractivity (Wildman–Crippen MR) is 57.4 cm³/mol. The lowest BCUT2D eigenvalue weighted by molar-refractivity contribution is 0.0784. The van der Waals surface area contributed by atoms with E-state index in [-0.39, 0.29) is 5.82 Å². The number of benzene rings is 1. The lowest BCUT2D eigenvalue weighted by atomic mass is 9.97. The molecule has 1 N–H and O–H groups in total. The Balaban J connectivity index is 2.23. The van der Waals surface area contributed by atoms with Gasteiger partial charge in [-0.25, -0.2) is 4.39 Å². The van der Waals surface area contributed by atoms with Gasteiger partial charge in [0, 0.05) is 28.5 Å². The molecule has 14 heavy (non-hydrogen) atoms. The van der Waals surface area contributed by atoms with Gasteiger partial charge in [0.15, 0.2) is 0 Å². The Labute approximate surface area is 91.3 Å². The molecule has 0 aliphatic carbocycles. The molecule has 1 aromatic rings. The van der Waals surface area contributed by atoms with Crippen LogP contribution in [0.15, 0.2) is 18.2 Å². The summed E-state index contributed by atoms with van der Waals surface area (Å²) in [6.07, 6.45) is 0.311. The Kier molecular flexibility index (Phi) is 2.73. The van der Waals surface area contributed by atoms with Crippen molar-refractivity contribution in [1.82, 2.24) is 0 Å². The van der Waals surface area contributed by atoms with Crippen molar-refractivity contribution >= 4 is 23.4 Å². The molecule has 0 unspecified atom stereocenters. The van der Waals surface area contributed by atoms with Crippen LogP contribution in [-0.4, -0.2) is 22.2 Å². The van der Waals surface area contributed by atoms with Crippen molar-refractivity contribution in [3.63, 3.8) is 0 Å². The van der Waals surface area contributed by atoms with Crippen LogP contribution in [0.4, 0.5) is 4.39 Å². The maximum Gasteiger partial charge on any atom is 0.127 e. The van der Waals surface area contributed by atoms with E-state index in [4.69, 9.17) is 11.6 Å². The zero-order valence-electron chi connectivity index (χ0n) is 7.46. The average molecular weight is 233 g/mol. The summed E-state index contributed by atoms with van der Waals surface area (Å²) < 4.78 is 13.3. The van der Waals surface area contributed by atoms with E-state index in [1.807, 2.05) is 0 Å². The summed E-state index contributed by atoms with van der Waals surface area (Å²) in [5, 5.41) is 10.3. The number of rotatable bonds is 2. The third-order valence-electron chi connectivity index (χ3n) is 2.31. The average Bonchev–Trinajstić information content (AvgIpc) is 2.09. The van der Waals surface area contributed by atoms with Gasteiger partial charge in [0.1, 0.15) is 5.82 Å². The fourth-order valence-corrected chi connectivity index (χ4v) is 2.58. The molecule has 1 aliphatic heterocycles. The zero-order valence-corrected chi connectivity index (χ0v) is 9.04. The van der Waals surface area contributed by atoms with Crippen LogP contribution < -0.4 is 0 Å². The van der Waals surface area contributed by atoms with E-state index in [0.29, 0.717) is 28.5 Å². The van der Waals surface area contributed by atoms with Crippen LogP contribution in [0.3, 0.4) is 0 Å². The first-order chi connectivity index (χ1) is 6.61. The summed E-state index contributed by atoms with van der Waals surface area (Å²) in [4.78, 5) is 0. The van der Waals surface area contributed by atoms with Gasteiger partial charge in [-0.05, 0) is 12.1 Å². The molecule has 0 atom stereocenters. The molecule has 1 aromatic carbocycles. The summed E-state index contributed by atoms with van der Waals surface area (Å²) in [5.41, 5.74) is -0.326. The molecule has 0 amide bonds. The Hall–Kier alpha value is -0.250. The van der Waals surface area contributed by atoms with Crippen molar-refractivity contribution in [1.29, 1.82) is 0 Å². The van der Waals surface area contributed by atoms with E-state index in [9.17, 15) is 9.50 Å². The van der Waals surface area contributed by atoms with Gasteiger partial charge in [0.25, 0.3) is 0 Å². The molecule has 2 rings (SSSR count). The van der Waals surface area contributed by atoms with E-state index in [1.165, 1.54) is 6.07 Å². The van der Waals surface area contributed by atoms with E-state index < -0.39 is 5.60 Å². The van der Waals surface area contributed by atoms with Crippen LogP contribution in [0, 0.1) is 5.82 Å². The number of aliphatic hydroxyl groups is 1. The smallest absolute Gasteiger partial charge is 0.127 e. The van der Waals surface area contributed by atoms with E-state index in [2.05, 4.69) is 0 Å². The van der Waals surface area contributed by atoms with Crippen molar-refractivity contribution in [3.8, 4) is 0 Å². The largest absolute Gasteiger partial charge is 0.388 e. The number of thioether (sulfide) groups is 1. The zero-order chi connectivity index (χ0) is 10.2. The molecular weight excluding hydrogens is 223 g/mol. The maximum absolute atomic E-state index is 13.3. The number of hydrogen-bond acceptors (Lipinski definition) is 2. The Morgan fingerprint density at radius 3 is 2.71 bits per heavy atom. The van der Waals surface area contributed by atoms with Crippen molar-refractivity contribution in [3.05, 3.63) is 34.6 Å². The second-order valence-corrected chi connectivity index (χ2v) is 4.99. The van der Waals surface area contributed by atoms with Gasteiger partial charge in [-0.2, -0.15) is 11.8 Å². The Morgan fingerprint density at radius 2 is 2.21 bits per heavy atom. The summed E-state index contributed by atoms with van der Waals surface area (Å²) in [6, 6.07) is 4.59. The highest BCUT2D eigenvalue weighted by atomic mass is 35.5. The topological polar surface area (TPSA) is 20.2 Å². The van der Waals surface area contributed by atoms with Crippen LogP contribution in [0.25, 0.3) is 0 Å². The van der Waals surface area contributed by atoms with E-state index in [0.717, 1.165) is 0 Å². The monoisotopic (exact) mass is 232 g/mol. The molecule has 0 radical (unpaired) electrons. The fraction of sp³-hybridized carbons (Fsp3) is 0.400. The highest BCUT2D eigenvalue weighted by Crippen LogP contribution is 2.34. The molecule has 76 valence electrons. The summed E-state index contributed by atoms with van der Waals surface area (Å²) in [7, 11) is 0. The lowest BCUT2D eigenvalue weighted by Crippen LogP contribution is -2.45. The Bertz CT molecular complexity index is 332. The van der Waals surface area contributed by atoms with Gasteiger partial charge in [0.2, 0.25) is 0 Å². The van der Waals surface area contributed by atoms with Crippen LogP contribution in [-0.2, 0) is 6.42 Å². The molecule has 1 nitrogen and oxygen atoms in total. The molecule has 1 saturated heterocycles. The first-order valence-corrected chi connectivity index (χ1v) is 5.87. The third kappa shape index (κ3) is 1.90. The van der Waals surface area contributed by atoms with Crippen molar-refractivity contribution < 1.29 is 9.50 Å². The highest BCUT2D eigenvalue weighted by molar-refractivity contribution is 8.00. The molecule has 1 heterocycles. The van der Waals surface area contributed by atoms with Gasteiger partial charge in [0.05, 0.1) is 5.60 Å². The number of hydrogen-bond donors (Lipinski definition) is 1. The summed E-state index contributed by atoms with van der Waals surface area (Å²) in [5.74, 6) is 0.998. The first kappa shape index (κ1) is 10.3. The van der Waals surface area contributed by atoms with Crippen LogP contribution in [0.5, 0.6) is 0 Å². The fourth-order valence-electron chi connectivity index (χ4n) is 1.47. The van der Waals surface area contributed by atoms with E-state index >= 15 is 0 Å². The molecule has 0 saturated carbocycles. The minimum absolute atomic E-state index is 0.311. The minimum atomic E-state index is -0.753. The van der Waals surface area contributed by atoms with Gasteiger partial charge in [-0.3, -0.25) is 0 Å². The first-order valence-electron chi connectivity index (χ1n) is 4.34. The van der Waals surface area contributed by atoms with Gasteiger partial charge in [-0.15, -0.1) is 0 Å². The third-order valence-corrected chi connectivity index (χ3v) is 4.15. The van der Waals surface area contributed by atoms with E-state index in [1.54, 1.807) is 23.9 Å². The standard InChI is InChI=1S/C10H10ClFOS/c11-8-2-1-3-9(12)7(8)4-10(13)5-14-6-10/h1-3,13H,4-6H2. The van der Waals surface area contributed by atoms with Crippen LogP contribution in [0.2, 0.25) is 5.02 Å². The molecule has 0 aromatic heterocycles. The molecular formula is C10H10ClFOS. The highest BCUT2D eigenvalue weighted by Gasteiger charge is 2.36. The van der Waals surface area contributed by atoms with Crippen LogP contribution >= 0.6 is 23.4 Å². The molecule has 0 spiro atoms. The predicted octanol–water partition coefficient (Wildman–Crippen LogP) is 2.50. The van der Waals surface area contributed by atoms with Crippen molar-refractivity contribution in [2.24, 2.45) is 0 Å². The van der Waals surface area contributed by atoms with Gasteiger partial charge < -0.3 is 5.11 Å². The van der Waals surface area contributed by atoms with Crippen LogP contribution in [0.1, 0.15) is 5.56 Å². The molecule has 1 fully saturated rings. The summed E-state index contributed by atoms with van der Waals surface area (Å²) >= 11 is 7.52. The van der Waals surface area contributed by atoms with Gasteiger partial charge >= 0.3 is 0 Å². The SMILES string of the molecule is OC1(Cc2c(F)cccc2Cl)CSC1. The molecule has 4 heteroatoms. The second kappa shape index (κ2) is 3.72. The number of halogens is 2.